The number of carbonyl (C=O) groups is 3. The van der Waals surface area contributed by atoms with Crippen molar-refractivity contribution in [3.63, 3.8) is 0 Å². The molecular weight excluding hydrogens is 485 g/mol. The Morgan fingerprint density at radius 2 is 1.51 bits per heavy atom. The average Bonchev–Trinajstić information content (AvgIpc) is 2.80. The lowest BCUT2D eigenvalue weighted by Gasteiger charge is -2.61. The fraction of sp³-hybridized carbons (Fsp3) is 0.259. The molecule has 0 bridgehead atoms. The van der Waals surface area contributed by atoms with Gasteiger partial charge in [-0.15, -0.1) is 0 Å². The van der Waals surface area contributed by atoms with Gasteiger partial charge in [-0.25, -0.2) is 18.2 Å². The summed E-state index contributed by atoms with van der Waals surface area (Å²) in [7, 11) is 0. The molecule has 190 valence electrons. The highest BCUT2D eigenvalue weighted by atomic mass is 19.1. The molecule has 1 aromatic heterocycles. The summed E-state index contributed by atoms with van der Waals surface area (Å²) in [6, 6.07) is 10.7. The number of hydrogen-bond donors (Lipinski definition) is 1. The smallest absolute Gasteiger partial charge is 0.313 e. The van der Waals surface area contributed by atoms with Crippen LogP contribution in [0.2, 0.25) is 0 Å². The number of likely N-dealkylation sites (tertiary alicyclic amines) is 2. The van der Waals surface area contributed by atoms with Crippen molar-refractivity contribution in [1.82, 2.24) is 14.8 Å². The molecule has 0 unspecified atom stereocenters. The topological polar surface area (TPSA) is 82.6 Å². The van der Waals surface area contributed by atoms with Crippen LogP contribution in [-0.2, 0) is 9.59 Å². The number of nitrogens with zero attached hydrogens (tertiary/aromatic N) is 3. The van der Waals surface area contributed by atoms with E-state index in [1.165, 1.54) is 9.80 Å². The minimum atomic E-state index is -0.998. The second-order valence-electron chi connectivity index (χ2n) is 9.44. The molecule has 5 rings (SSSR count). The van der Waals surface area contributed by atoms with Crippen LogP contribution < -0.4 is 5.32 Å². The van der Waals surface area contributed by atoms with Crippen molar-refractivity contribution < 1.29 is 27.6 Å². The van der Waals surface area contributed by atoms with E-state index in [0.29, 0.717) is 18.7 Å². The molecule has 3 heterocycles. The lowest BCUT2D eigenvalue weighted by Crippen LogP contribution is -2.79. The summed E-state index contributed by atoms with van der Waals surface area (Å²) in [6.07, 6.45) is 0.613. The molecule has 2 aliphatic rings. The highest BCUT2D eigenvalue weighted by Crippen LogP contribution is 2.40. The maximum Gasteiger partial charge on any atom is 0.313 e. The number of nitrogens with one attached hydrogen (secondary N) is 1. The average molecular weight is 509 g/mol. The van der Waals surface area contributed by atoms with E-state index in [4.69, 9.17) is 0 Å². The van der Waals surface area contributed by atoms with E-state index in [9.17, 15) is 27.6 Å². The zero-order chi connectivity index (χ0) is 26.5. The van der Waals surface area contributed by atoms with Gasteiger partial charge in [0.05, 0.1) is 11.1 Å². The highest BCUT2D eigenvalue weighted by molar-refractivity contribution is 6.40. The molecule has 1 N–H and O–H groups in total. The first-order chi connectivity index (χ1) is 17.6. The summed E-state index contributed by atoms with van der Waals surface area (Å²) < 4.78 is 42.8. The molecule has 0 saturated carbocycles. The van der Waals surface area contributed by atoms with Gasteiger partial charge in [0.15, 0.2) is 0 Å². The summed E-state index contributed by atoms with van der Waals surface area (Å²) in [5.74, 6) is -4.96. The largest absolute Gasteiger partial charge is 0.332 e. The number of para-hydroxylation sites is 1. The van der Waals surface area contributed by atoms with Crippen LogP contribution in [0, 0.1) is 31.3 Å². The van der Waals surface area contributed by atoms with Gasteiger partial charge in [-0.3, -0.25) is 14.4 Å². The van der Waals surface area contributed by atoms with Crippen molar-refractivity contribution in [1.29, 1.82) is 0 Å². The predicted octanol–water partition coefficient (Wildman–Crippen LogP) is 3.85. The van der Waals surface area contributed by atoms with Crippen molar-refractivity contribution in [2.75, 3.05) is 25.0 Å². The quantitative estimate of drug-likeness (QED) is 0.545. The molecule has 0 radical (unpaired) electrons. The summed E-state index contributed by atoms with van der Waals surface area (Å²) in [5.41, 5.74) is 0.165. The van der Waals surface area contributed by atoms with E-state index in [2.05, 4.69) is 10.3 Å². The minimum Gasteiger partial charge on any atom is -0.332 e. The molecule has 2 aromatic carbocycles. The third-order valence-electron chi connectivity index (χ3n) is 7.05. The fourth-order valence-corrected chi connectivity index (χ4v) is 4.92. The first kappa shape index (κ1) is 24.5. The van der Waals surface area contributed by atoms with Gasteiger partial charge in [-0.2, -0.15) is 0 Å². The lowest BCUT2D eigenvalue weighted by atomic mass is 9.77. The Bertz CT molecular complexity index is 1410. The Kier molecular flexibility index (Phi) is 5.97. The first-order valence-corrected chi connectivity index (χ1v) is 11.7. The molecule has 0 aliphatic carbocycles. The van der Waals surface area contributed by atoms with Crippen LogP contribution in [0.1, 0.15) is 28.0 Å². The molecule has 3 amide bonds. The van der Waals surface area contributed by atoms with Gasteiger partial charge in [-0.05, 0) is 55.7 Å². The number of anilines is 1. The van der Waals surface area contributed by atoms with Crippen LogP contribution in [0.3, 0.4) is 0 Å². The summed E-state index contributed by atoms with van der Waals surface area (Å²) in [6.45, 7) is 4.38. The van der Waals surface area contributed by atoms with E-state index < -0.39 is 52.0 Å². The van der Waals surface area contributed by atoms with Crippen LogP contribution in [-0.4, -0.2) is 57.7 Å². The fourth-order valence-electron chi connectivity index (χ4n) is 4.92. The number of aromatic nitrogens is 1. The van der Waals surface area contributed by atoms with Crippen molar-refractivity contribution in [2.24, 2.45) is 0 Å². The zero-order valence-electron chi connectivity index (χ0n) is 20.1. The maximum absolute atomic E-state index is 14.4. The maximum atomic E-state index is 14.4. The van der Waals surface area contributed by atoms with Crippen LogP contribution in [0.25, 0.3) is 11.3 Å². The van der Waals surface area contributed by atoms with Gasteiger partial charge < -0.3 is 15.1 Å². The second kappa shape index (κ2) is 9.02. The standard InChI is InChI=1S/C27H23F3N4O3/c1-15-5-3-6-16(2)22(15)32-24(35)26(37)34-12-11-27(34)13-33(14-27)25(36)20-10-9-19(30)23(31-20)21-17(28)7-4-8-18(21)29/h3-10H,11-14H2,1-2H3,(H,32,35). The number of rotatable bonds is 3. The molecule has 7 nitrogen and oxygen atoms in total. The van der Waals surface area contributed by atoms with Gasteiger partial charge in [0.2, 0.25) is 0 Å². The molecule has 1 spiro atoms. The summed E-state index contributed by atoms with van der Waals surface area (Å²) in [5, 5.41) is 2.69. The molecule has 2 saturated heterocycles. The normalized spacial score (nSPS) is 15.7. The van der Waals surface area contributed by atoms with Crippen LogP contribution in [0.4, 0.5) is 18.9 Å². The number of benzene rings is 2. The van der Waals surface area contributed by atoms with Gasteiger partial charge in [0.1, 0.15) is 28.8 Å². The summed E-state index contributed by atoms with van der Waals surface area (Å²) in [4.78, 5) is 45.4. The van der Waals surface area contributed by atoms with Gasteiger partial charge >= 0.3 is 11.8 Å². The van der Waals surface area contributed by atoms with E-state index in [-0.39, 0.29) is 18.8 Å². The first-order valence-electron chi connectivity index (χ1n) is 11.7. The van der Waals surface area contributed by atoms with E-state index >= 15 is 0 Å². The van der Waals surface area contributed by atoms with Gasteiger partial charge in [-0.1, -0.05) is 24.3 Å². The monoisotopic (exact) mass is 508 g/mol. The third-order valence-corrected chi connectivity index (χ3v) is 7.05. The van der Waals surface area contributed by atoms with E-state index in [1.54, 1.807) is 0 Å². The Morgan fingerprint density at radius 3 is 2.11 bits per heavy atom. The van der Waals surface area contributed by atoms with Crippen LogP contribution >= 0.6 is 0 Å². The van der Waals surface area contributed by atoms with E-state index in [0.717, 1.165) is 41.5 Å². The Hall–Kier alpha value is -4.21. The molecular formula is C27H23F3N4O3. The third kappa shape index (κ3) is 4.12. The van der Waals surface area contributed by atoms with E-state index in [1.807, 2.05) is 32.0 Å². The van der Waals surface area contributed by atoms with Crippen LogP contribution in [0.5, 0.6) is 0 Å². The van der Waals surface area contributed by atoms with Crippen LogP contribution in [0.15, 0.2) is 48.5 Å². The predicted molar refractivity (Wildman–Crippen MR) is 129 cm³/mol. The molecule has 2 aliphatic heterocycles. The zero-order valence-corrected chi connectivity index (χ0v) is 20.1. The number of halogens is 3. The molecule has 37 heavy (non-hydrogen) atoms. The Balaban J connectivity index is 1.28. The van der Waals surface area contributed by atoms with Crippen molar-refractivity contribution in [2.45, 2.75) is 25.8 Å². The van der Waals surface area contributed by atoms with Gasteiger partial charge in [0, 0.05) is 25.3 Å². The second-order valence-corrected chi connectivity index (χ2v) is 9.44. The SMILES string of the molecule is Cc1cccc(C)c1NC(=O)C(=O)N1CCC12CN(C(=O)c1ccc(F)c(-c3c(F)cccc3F)n1)C2. The highest BCUT2D eigenvalue weighted by Gasteiger charge is 2.57. The Labute approximate surface area is 210 Å². The molecule has 2 fully saturated rings. The van der Waals surface area contributed by atoms with Crippen molar-refractivity contribution >= 4 is 23.4 Å². The molecule has 3 aromatic rings. The van der Waals surface area contributed by atoms with Gasteiger partial charge in [0.25, 0.3) is 5.91 Å². The Morgan fingerprint density at radius 1 is 0.892 bits per heavy atom. The number of pyridine rings is 1. The molecule has 0 atom stereocenters. The number of carbonyl (C=O) groups excluding carboxylic acids is 3. The van der Waals surface area contributed by atoms with Crippen molar-refractivity contribution in [3.05, 3.63) is 82.8 Å². The number of aryl methyl sites for hydroxylation is 2. The molecule has 10 heteroatoms. The lowest BCUT2D eigenvalue weighted by molar-refractivity contribution is -0.166. The summed E-state index contributed by atoms with van der Waals surface area (Å²) >= 11 is 0. The number of hydrogen-bond acceptors (Lipinski definition) is 4. The minimum absolute atomic E-state index is 0.163. The number of amides is 3. The van der Waals surface area contributed by atoms with Crippen molar-refractivity contribution in [3.8, 4) is 11.3 Å².